The highest BCUT2D eigenvalue weighted by atomic mass is 16.5. The van der Waals surface area contributed by atoms with Gasteiger partial charge in [0.2, 0.25) is 5.91 Å². The Bertz CT molecular complexity index is 625. The van der Waals surface area contributed by atoms with Crippen LogP contribution in [0.1, 0.15) is 19.4 Å². The number of carbonyl (C=O) groups is 2. The number of amides is 2. The van der Waals surface area contributed by atoms with Crippen molar-refractivity contribution in [1.29, 1.82) is 0 Å². The second kappa shape index (κ2) is 9.68. The number of ether oxygens (including phenoxy) is 1. The molecule has 1 aromatic carbocycles. The van der Waals surface area contributed by atoms with E-state index in [1.807, 2.05) is 44.2 Å². The van der Waals surface area contributed by atoms with E-state index in [0.717, 1.165) is 5.56 Å². The summed E-state index contributed by atoms with van der Waals surface area (Å²) in [7, 11) is 1.57. The van der Waals surface area contributed by atoms with Crippen LogP contribution in [0.5, 0.6) is 0 Å². The quantitative estimate of drug-likeness (QED) is 0.502. The predicted octanol–water partition coefficient (Wildman–Crippen LogP) is 0.655. The number of hydrogen-bond donors (Lipinski definition) is 4. The minimum Gasteiger partial charge on any atom is -0.465 e. The minimum absolute atomic E-state index is 0.128. The van der Waals surface area contributed by atoms with Gasteiger partial charge in [-0.2, -0.15) is 0 Å². The highest BCUT2D eigenvalue weighted by Crippen LogP contribution is 2.21. The maximum atomic E-state index is 12.9. The van der Waals surface area contributed by atoms with Crippen LogP contribution in [0.25, 0.3) is 0 Å². The van der Waals surface area contributed by atoms with Crippen LogP contribution in [0, 0.1) is 5.92 Å². The molecule has 3 unspecified atom stereocenters. The first-order valence-electron chi connectivity index (χ1n) is 9.12. The Morgan fingerprint density at radius 3 is 2.56 bits per heavy atom. The van der Waals surface area contributed by atoms with Gasteiger partial charge in [-0.25, -0.2) is 4.79 Å². The summed E-state index contributed by atoms with van der Waals surface area (Å²) >= 11 is 0. The second-order valence-electron chi connectivity index (χ2n) is 7.09. The zero-order valence-corrected chi connectivity index (χ0v) is 16.0. The van der Waals surface area contributed by atoms with Crippen LogP contribution in [0.3, 0.4) is 0 Å². The van der Waals surface area contributed by atoms with Gasteiger partial charge in [0.1, 0.15) is 6.04 Å². The van der Waals surface area contributed by atoms with Crippen LogP contribution < -0.4 is 10.6 Å². The van der Waals surface area contributed by atoms with Crippen molar-refractivity contribution >= 4 is 12.0 Å². The van der Waals surface area contributed by atoms with Crippen molar-refractivity contribution in [1.82, 2.24) is 15.5 Å². The third-order valence-electron chi connectivity index (χ3n) is 4.76. The molecular weight excluding hydrogens is 350 g/mol. The Morgan fingerprint density at radius 1 is 1.33 bits per heavy atom. The predicted molar refractivity (Wildman–Crippen MR) is 100 cm³/mol. The normalized spacial score (nSPS) is 22.1. The van der Waals surface area contributed by atoms with E-state index in [1.165, 1.54) is 0 Å². The minimum atomic E-state index is -1.24. The van der Waals surface area contributed by atoms with E-state index >= 15 is 0 Å². The third-order valence-corrected chi connectivity index (χ3v) is 4.76. The fourth-order valence-electron chi connectivity index (χ4n) is 3.41. The zero-order valence-electron chi connectivity index (χ0n) is 16.0. The van der Waals surface area contributed by atoms with Crippen molar-refractivity contribution in [2.75, 3.05) is 20.3 Å². The van der Waals surface area contributed by atoms with Gasteiger partial charge in [-0.3, -0.25) is 10.1 Å². The molecule has 4 N–H and O–H groups in total. The lowest BCUT2D eigenvalue weighted by Crippen LogP contribution is -2.55. The molecule has 1 aliphatic rings. The molecule has 150 valence electrons. The molecule has 8 nitrogen and oxygen atoms in total. The SMILES string of the molecule is COCCN1C(=O)[C@H](C(O)C(Cc2ccccc2)NC(=O)O)NC1C(C)C. The van der Waals surface area contributed by atoms with Crippen LogP contribution >= 0.6 is 0 Å². The van der Waals surface area contributed by atoms with Crippen molar-refractivity contribution in [2.24, 2.45) is 5.92 Å². The first kappa shape index (κ1) is 21.1. The molecule has 0 saturated carbocycles. The number of methoxy groups -OCH3 is 1. The summed E-state index contributed by atoms with van der Waals surface area (Å²) in [5.74, 6) is -0.119. The van der Waals surface area contributed by atoms with Crippen molar-refractivity contribution in [2.45, 2.75) is 44.6 Å². The number of aliphatic hydroxyl groups excluding tert-OH is 1. The largest absolute Gasteiger partial charge is 0.465 e. The molecular formula is C19H29N3O5. The first-order valence-corrected chi connectivity index (χ1v) is 9.12. The van der Waals surface area contributed by atoms with Gasteiger partial charge in [0.15, 0.2) is 0 Å². The maximum Gasteiger partial charge on any atom is 0.404 e. The lowest BCUT2D eigenvalue weighted by molar-refractivity contribution is -0.133. The fourth-order valence-corrected chi connectivity index (χ4v) is 3.41. The van der Waals surface area contributed by atoms with Gasteiger partial charge in [-0.05, 0) is 17.9 Å². The summed E-state index contributed by atoms with van der Waals surface area (Å²) in [6.45, 7) is 4.76. The summed E-state index contributed by atoms with van der Waals surface area (Å²) in [6.07, 6.45) is -2.40. The lowest BCUT2D eigenvalue weighted by Gasteiger charge is -2.27. The van der Waals surface area contributed by atoms with Crippen molar-refractivity contribution in [3.63, 3.8) is 0 Å². The van der Waals surface area contributed by atoms with Crippen LogP contribution in [-0.4, -0.2) is 71.7 Å². The number of nitrogens with one attached hydrogen (secondary N) is 2. The van der Waals surface area contributed by atoms with E-state index in [2.05, 4.69) is 10.6 Å². The third kappa shape index (κ3) is 5.41. The summed E-state index contributed by atoms with van der Waals surface area (Å²) in [6, 6.07) is 7.57. The molecule has 1 aromatic rings. The maximum absolute atomic E-state index is 12.9. The van der Waals surface area contributed by atoms with Gasteiger partial charge in [0.25, 0.3) is 0 Å². The molecule has 4 atom stereocenters. The molecule has 1 aliphatic heterocycles. The summed E-state index contributed by atoms with van der Waals surface area (Å²) < 4.78 is 5.08. The second-order valence-corrected chi connectivity index (χ2v) is 7.09. The van der Waals surface area contributed by atoms with Gasteiger partial charge in [-0.15, -0.1) is 0 Å². The molecule has 2 rings (SSSR count). The standard InChI is InChI=1S/C19H29N3O5/c1-12(2)17-21-15(18(24)22(17)9-10-27-3)16(23)14(20-19(25)26)11-13-7-5-4-6-8-13/h4-8,12,14-17,20-21,23H,9-11H2,1-3H3,(H,25,26)/t14?,15-,16?,17?/m0/s1. The number of hydrogen-bond acceptors (Lipinski definition) is 5. The molecule has 1 saturated heterocycles. The number of benzene rings is 1. The van der Waals surface area contributed by atoms with E-state index in [0.29, 0.717) is 13.2 Å². The van der Waals surface area contributed by atoms with Crippen molar-refractivity contribution in [3.8, 4) is 0 Å². The van der Waals surface area contributed by atoms with Gasteiger partial charge in [0, 0.05) is 13.7 Å². The molecule has 0 spiro atoms. The average Bonchev–Trinajstić information content (AvgIpc) is 2.96. The highest BCUT2D eigenvalue weighted by molar-refractivity contribution is 5.85. The molecule has 0 radical (unpaired) electrons. The molecule has 0 aliphatic carbocycles. The molecule has 27 heavy (non-hydrogen) atoms. The zero-order chi connectivity index (χ0) is 20.0. The fraction of sp³-hybridized carbons (Fsp3) is 0.579. The highest BCUT2D eigenvalue weighted by Gasteiger charge is 2.45. The number of rotatable bonds is 9. The van der Waals surface area contributed by atoms with Crippen LogP contribution in [0.2, 0.25) is 0 Å². The summed E-state index contributed by atoms with van der Waals surface area (Å²) in [4.78, 5) is 25.8. The number of carbonyl (C=O) groups excluding carboxylic acids is 1. The smallest absolute Gasteiger partial charge is 0.404 e. The summed E-state index contributed by atoms with van der Waals surface area (Å²) in [5, 5.41) is 25.6. The topological polar surface area (TPSA) is 111 Å². The first-order chi connectivity index (χ1) is 12.8. The Balaban J connectivity index is 2.18. The van der Waals surface area contributed by atoms with Crippen LogP contribution in [0.15, 0.2) is 30.3 Å². The monoisotopic (exact) mass is 379 g/mol. The number of carboxylic acid groups (broad SMARTS) is 1. The molecule has 8 heteroatoms. The molecule has 0 bridgehead atoms. The van der Waals surface area contributed by atoms with Crippen molar-refractivity contribution in [3.05, 3.63) is 35.9 Å². The van der Waals surface area contributed by atoms with E-state index < -0.39 is 24.3 Å². The Labute approximate surface area is 159 Å². The van der Waals surface area contributed by atoms with Crippen LogP contribution in [-0.2, 0) is 16.0 Å². The Morgan fingerprint density at radius 2 is 2.00 bits per heavy atom. The number of nitrogens with zero attached hydrogens (tertiary/aromatic N) is 1. The average molecular weight is 379 g/mol. The van der Waals surface area contributed by atoms with Gasteiger partial charge < -0.3 is 25.2 Å². The molecule has 1 heterocycles. The van der Waals surface area contributed by atoms with E-state index in [-0.39, 0.29) is 24.4 Å². The van der Waals surface area contributed by atoms with Crippen molar-refractivity contribution < 1.29 is 24.5 Å². The number of aliphatic hydroxyl groups is 1. The molecule has 2 amide bonds. The molecule has 0 aromatic heterocycles. The van der Waals surface area contributed by atoms with Gasteiger partial charge in [-0.1, -0.05) is 44.2 Å². The van der Waals surface area contributed by atoms with Gasteiger partial charge >= 0.3 is 6.09 Å². The van der Waals surface area contributed by atoms with E-state index in [1.54, 1.807) is 12.0 Å². The summed E-state index contributed by atoms with van der Waals surface area (Å²) in [5.41, 5.74) is 0.873. The van der Waals surface area contributed by atoms with E-state index in [4.69, 9.17) is 4.74 Å². The van der Waals surface area contributed by atoms with Crippen LogP contribution in [0.4, 0.5) is 4.79 Å². The molecule has 1 fully saturated rings. The Kier molecular flexibility index (Phi) is 7.58. The van der Waals surface area contributed by atoms with E-state index in [9.17, 15) is 19.8 Å². The lowest BCUT2D eigenvalue weighted by atomic mass is 9.96. The van der Waals surface area contributed by atoms with Gasteiger partial charge in [0.05, 0.1) is 24.9 Å². The Hall–Kier alpha value is -2.16.